The normalized spacial score (nSPS) is 26.1. The maximum absolute atomic E-state index is 13.4. The number of benzene rings is 2. The lowest BCUT2D eigenvalue weighted by Crippen LogP contribution is -2.55. The summed E-state index contributed by atoms with van der Waals surface area (Å²) < 4.78 is 2.70. The molecule has 0 radical (unpaired) electrons. The SMILES string of the molecule is CN(C)C=O.Cc1nc2scc(-c3ccccc3)c2c(=O)n1NC(=S)NC(=O)C12CC3CC(CC(C3)C1)C2.Cc1nc2scc(-c3ccccc3)c2c(=O)n1NC(=S)NC(=O)C12CC3CC(CC(C3)C1)C2. The second-order valence-electron chi connectivity index (χ2n) is 21.2. The van der Waals surface area contributed by atoms with Gasteiger partial charge < -0.3 is 15.5 Å². The molecule has 3 amide bonds. The average Bonchev–Trinajstić information content (AvgIpc) is 3.97. The van der Waals surface area contributed by atoms with Gasteiger partial charge in [0.2, 0.25) is 18.2 Å². The Bertz CT molecular complexity index is 2900. The summed E-state index contributed by atoms with van der Waals surface area (Å²) in [6.07, 6.45) is 14.2. The van der Waals surface area contributed by atoms with Crippen molar-refractivity contribution in [2.24, 2.45) is 46.3 Å². The van der Waals surface area contributed by atoms with Crippen molar-refractivity contribution < 1.29 is 14.4 Å². The van der Waals surface area contributed by atoms with Gasteiger partial charge in [-0.1, -0.05) is 60.7 Å². The van der Waals surface area contributed by atoms with E-state index in [9.17, 15) is 24.0 Å². The summed E-state index contributed by atoms with van der Waals surface area (Å²) >= 11 is 13.9. The van der Waals surface area contributed by atoms with Crippen molar-refractivity contribution in [3.05, 3.63) is 104 Å². The third-order valence-corrected chi connectivity index (χ3v) is 18.0. The molecule has 14 nitrogen and oxygen atoms in total. The summed E-state index contributed by atoms with van der Waals surface area (Å²) in [5.74, 6) is 5.08. The fourth-order valence-electron chi connectivity index (χ4n) is 13.6. The molecule has 14 rings (SSSR count). The molecule has 8 aliphatic carbocycles. The van der Waals surface area contributed by atoms with Crippen LogP contribution in [0.15, 0.2) is 81.0 Å². The fourth-order valence-corrected chi connectivity index (χ4v) is 16.0. The molecule has 8 bridgehead atoms. The lowest BCUT2D eigenvalue weighted by Gasteiger charge is -2.55. The number of rotatable bonds is 7. The molecule has 8 saturated carbocycles. The number of nitrogens with one attached hydrogen (secondary N) is 4. The Hall–Kier alpha value is -5.69. The molecule has 0 aliphatic heterocycles. The molecule has 370 valence electrons. The monoisotopic (exact) mass is 1030 g/mol. The Balaban J connectivity index is 0.000000150. The highest BCUT2D eigenvalue weighted by molar-refractivity contribution is 7.80. The van der Waals surface area contributed by atoms with E-state index in [0.29, 0.717) is 67.6 Å². The van der Waals surface area contributed by atoms with Crippen LogP contribution >= 0.6 is 47.1 Å². The zero-order chi connectivity index (χ0) is 49.8. The molecule has 4 N–H and O–H groups in total. The van der Waals surface area contributed by atoms with Crippen molar-refractivity contribution in [3.8, 4) is 22.3 Å². The summed E-state index contributed by atoms with van der Waals surface area (Å²) in [4.78, 5) is 75.1. The van der Waals surface area contributed by atoms with E-state index in [2.05, 4.69) is 31.5 Å². The van der Waals surface area contributed by atoms with Gasteiger partial charge in [-0.2, -0.15) is 0 Å². The number of hydrogen-bond acceptors (Lipinski definition) is 11. The van der Waals surface area contributed by atoms with Crippen LogP contribution in [0.2, 0.25) is 0 Å². The lowest BCUT2D eigenvalue weighted by molar-refractivity contribution is -0.145. The minimum atomic E-state index is -0.295. The van der Waals surface area contributed by atoms with E-state index in [1.165, 1.54) is 75.5 Å². The highest BCUT2D eigenvalue weighted by Crippen LogP contribution is 2.61. The summed E-state index contributed by atoms with van der Waals surface area (Å²) in [6.45, 7) is 3.53. The maximum Gasteiger partial charge on any atom is 0.281 e. The Morgan fingerprint density at radius 3 is 1.21 bits per heavy atom. The largest absolute Gasteiger partial charge is 0.351 e. The number of hydrogen-bond donors (Lipinski definition) is 4. The Labute approximate surface area is 431 Å². The molecule has 8 aliphatic rings. The number of nitrogens with zero attached hydrogens (tertiary/aromatic N) is 5. The van der Waals surface area contributed by atoms with Gasteiger partial charge in [0.15, 0.2) is 10.2 Å². The van der Waals surface area contributed by atoms with Gasteiger partial charge in [-0.3, -0.25) is 34.8 Å². The Morgan fingerprint density at radius 2 is 0.915 bits per heavy atom. The minimum absolute atomic E-state index is 0.0133. The van der Waals surface area contributed by atoms with Crippen molar-refractivity contribution in [1.82, 2.24) is 34.9 Å². The van der Waals surface area contributed by atoms with E-state index in [1.54, 1.807) is 27.9 Å². The molecule has 8 fully saturated rings. The molecule has 0 atom stereocenters. The molecule has 4 aromatic heterocycles. The molecule has 18 heteroatoms. The number of aryl methyl sites for hydroxylation is 2. The van der Waals surface area contributed by atoms with Crippen LogP contribution in [0.25, 0.3) is 42.7 Å². The van der Waals surface area contributed by atoms with Gasteiger partial charge in [0.25, 0.3) is 11.1 Å². The van der Waals surface area contributed by atoms with Crippen molar-refractivity contribution in [1.29, 1.82) is 0 Å². The van der Waals surface area contributed by atoms with E-state index in [1.807, 2.05) is 71.4 Å². The van der Waals surface area contributed by atoms with E-state index in [-0.39, 0.29) is 44.0 Å². The number of carbonyl (C=O) groups is 3. The summed E-state index contributed by atoms with van der Waals surface area (Å²) in [5.41, 5.74) is 8.51. The van der Waals surface area contributed by atoms with Crippen LogP contribution in [0, 0.1) is 60.2 Å². The van der Waals surface area contributed by atoms with Gasteiger partial charge in [-0.15, -0.1) is 22.7 Å². The van der Waals surface area contributed by atoms with Gasteiger partial charge in [-0.25, -0.2) is 19.3 Å². The first-order chi connectivity index (χ1) is 34.1. The topological polar surface area (TPSA) is 172 Å². The standard InChI is InChI=1S/2C25H26N4O2S2.C3H7NO/c2*1-14-26-21-20(19(13-33-21)18-5-3-2-4-6-18)22(30)29(14)28-24(32)27-23(31)25-10-15-7-16(11-25)9-17(8-15)12-25;1-4(2)3-5/h2*2-6,13,15-17H,7-12H2,1H3,(H2,27,28,31,32);3H,1-2H3. The molecule has 4 heterocycles. The predicted octanol–water partition coefficient (Wildman–Crippen LogP) is 8.89. The van der Waals surface area contributed by atoms with Gasteiger partial charge in [-0.05, 0) is 162 Å². The summed E-state index contributed by atoms with van der Waals surface area (Å²) in [6, 6.07) is 19.6. The van der Waals surface area contributed by atoms with Crippen molar-refractivity contribution in [2.75, 3.05) is 24.9 Å². The van der Waals surface area contributed by atoms with E-state index >= 15 is 0 Å². The van der Waals surface area contributed by atoms with Crippen LogP contribution in [-0.2, 0) is 14.4 Å². The first-order valence-corrected chi connectivity index (χ1v) is 27.2. The van der Waals surface area contributed by atoms with Crippen LogP contribution in [0.1, 0.15) is 88.7 Å². The average molecular weight is 1030 g/mol. The van der Waals surface area contributed by atoms with Gasteiger partial charge in [0.05, 0.1) is 21.6 Å². The van der Waals surface area contributed by atoms with E-state index < -0.39 is 0 Å². The van der Waals surface area contributed by atoms with Crippen LogP contribution in [0.5, 0.6) is 0 Å². The second-order valence-corrected chi connectivity index (χ2v) is 23.8. The van der Waals surface area contributed by atoms with Crippen molar-refractivity contribution >= 4 is 96.0 Å². The van der Waals surface area contributed by atoms with Gasteiger partial charge in [0, 0.05) is 36.0 Å². The van der Waals surface area contributed by atoms with Crippen molar-refractivity contribution in [2.45, 2.75) is 90.9 Å². The zero-order valence-electron chi connectivity index (χ0n) is 40.4. The fraction of sp³-hybridized carbons (Fsp3) is 0.453. The van der Waals surface area contributed by atoms with Gasteiger partial charge >= 0.3 is 0 Å². The van der Waals surface area contributed by atoms with Gasteiger partial charge in [0.1, 0.15) is 21.3 Å². The van der Waals surface area contributed by atoms with Crippen LogP contribution in [0.4, 0.5) is 0 Å². The van der Waals surface area contributed by atoms with E-state index in [0.717, 1.165) is 67.2 Å². The number of amides is 3. The molecule has 71 heavy (non-hydrogen) atoms. The minimum Gasteiger partial charge on any atom is -0.351 e. The maximum atomic E-state index is 13.4. The van der Waals surface area contributed by atoms with E-state index in [4.69, 9.17) is 24.4 Å². The van der Waals surface area contributed by atoms with Crippen LogP contribution < -0.4 is 32.6 Å². The number of carbonyl (C=O) groups excluding carboxylic acids is 3. The molecule has 0 spiro atoms. The quantitative estimate of drug-likeness (QED) is 0.0889. The van der Waals surface area contributed by atoms with Crippen molar-refractivity contribution in [3.63, 3.8) is 0 Å². The number of fused-ring (bicyclic) bond motifs is 2. The first kappa shape index (κ1) is 48.9. The number of aromatic nitrogens is 4. The molecule has 6 aromatic rings. The second kappa shape index (κ2) is 19.7. The highest BCUT2D eigenvalue weighted by Gasteiger charge is 2.56. The predicted molar refractivity (Wildman–Crippen MR) is 289 cm³/mol. The third kappa shape index (κ3) is 9.72. The molecule has 0 unspecified atom stereocenters. The smallest absolute Gasteiger partial charge is 0.281 e. The molecule has 2 aromatic carbocycles. The van der Waals surface area contributed by atoms with Crippen LogP contribution in [0.3, 0.4) is 0 Å². The highest BCUT2D eigenvalue weighted by atomic mass is 32.1. The summed E-state index contributed by atoms with van der Waals surface area (Å²) in [7, 11) is 3.38. The number of thiophene rings is 2. The van der Waals surface area contributed by atoms with Crippen LogP contribution in [-0.4, -0.2) is 66.8 Å². The first-order valence-electron chi connectivity index (χ1n) is 24.6. The zero-order valence-corrected chi connectivity index (χ0v) is 43.6. The Kier molecular flexibility index (Phi) is 13.6. The Morgan fingerprint density at radius 1 is 0.606 bits per heavy atom. The molecular formula is C53H59N9O5S4. The lowest BCUT2D eigenvalue weighted by atomic mass is 9.49. The molecular weight excluding hydrogens is 971 g/mol. The number of thiocarbonyl (C=S) groups is 2. The third-order valence-electron chi connectivity index (χ3n) is 15.9. The molecule has 0 saturated heterocycles. The summed E-state index contributed by atoms with van der Waals surface area (Å²) in [5, 5.41) is 11.2.